The van der Waals surface area contributed by atoms with Gasteiger partial charge < -0.3 is 19.3 Å². The summed E-state index contributed by atoms with van der Waals surface area (Å²) in [6.07, 6.45) is -0.684. The van der Waals surface area contributed by atoms with Crippen molar-refractivity contribution in [1.29, 1.82) is 0 Å². The van der Waals surface area contributed by atoms with Gasteiger partial charge in [0, 0.05) is 18.7 Å². The largest absolute Gasteiger partial charge is 0.497 e. The molecule has 0 aliphatic heterocycles. The Bertz CT molecular complexity index is 311. The minimum Gasteiger partial charge on any atom is -0.497 e. The Morgan fingerprint density at radius 3 is 2.47 bits per heavy atom. The molecule has 1 N–H and O–H groups in total. The smallest absolute Gasteiger partial charge is 0.128 e. The van der Waals surface area contributed by atoms with Crippen LogP contribution >= 0.6 is 0 Å². The van der Waals surface area contributed by atoms with E-state index in [2.05, 4.69) is 0 Å². The minimum absolute atomic E-state index is 0.239. The number of aliphatic hydroxyl groups excluding tert-OH is 1. The Morgan fingerprint density at radius 2 is 1.93 bits per heavy atom. The van der Waals surface area contributed by atoms with Gasteiger partial charge in [-0.05, 0) is 12.1 Å². The van der Waals surface area contributed by atoms with Gasteiger partial charge >= 0.3 is 0 Å². The quantitative estimate of drug-likeness (QED) is 0.801. The lowest BCUT2D eigenvalue weighted by atomic mass is 10.1. The van der Waals surface area contributed by atoms with Crippen LogP contribution < -0.4 is 9.47 Å². The van der Waals surface area contributed by atoms with Gasteiger partial charge in [0.05, 0.1) is 20.8 Å². The molecular weight excluding hydrogens is 196 g/mol. The molecule has 0 bridgehead atoms. The van der Waals surface area contributed by atoms with E-state index in [0.717, 1.165) is 0 Å². The first-order valence-corrected chi connectivity index (χ1v) is 4.61. The molecule has 1 aromatic carbocycles. The van der Waals surface area contributed by atoms with Crippen molar-refractivity contribution in [2.75, 3.05) is 27.9 Å². The third-order valence-corrected chi connectivity index (χ3v) is 2.12. The molecule has 15 heavy (non-hydrogen) atoms. The molecule has 0 radical (unpaired) electrons. The average molecular weight is 212 g/mol. The van der Waals surface area contributed by atoms with Crippen molar-refractivity contribution in [2.24, 2.45) is 0 Å². The SMILES string of the molecule is COCC(O)c1ccc(OC)cc1OC. The highest BCUT2D eigenvalue weighted by molar-refractivity contribution is 5.41. The van der Waals surface area contributed by atoms with E-state index in [1.165, 1.54) is 0 Å². The Hall–Kier alpha value is -1.26. The van der Waals surface area contributed by atoms with Gasteiger partial charge in [-0.2, -0.15) is 0 Å². The van der Waals surface area contributed by atoms with Gasteiger partial charge in [-0.3, -0.25) is 0 Å². The van der Waals surface area contributed by atoms with E-state index >= 15 is 0 Å². The van der Waals surface area contributed by atoms with Gasteiger partial charge in [-0.1, -0.05) is 0 Å². The second kappa shape index (κ2) is 5.58. The first-order chi connectivity index (χ1) is 7.22. The topological polar surface area (TPSA) is 47.9 Å². The van der Waals surface area contributed by atoms with Gasteiger partial charge in [-0.25, -0.2) is 0 Å². The second-order valence-electron chi connectivity index (χ2n) is 3.08. The summed E-state index contributed by atoms with van der Waals surface area (Å²) >= 11 is 0. The van der Waals surface area contributed by atoms with Gasteiger partial charge in [0.2, 0.25) is 0 Å². The summed E-state index contributed by atoms with van der Waals surface area (Å²) in [6, 6.07) is 5.27. The van der Waals surface area contributed by atoms with E-state index < -0.39 is 6.10 Å². The van der Waals surface area contributed by atoms with Crippen LogP contribution in [0.4, 0.5) is 0 Å². The van der Waals surface area contributed by atoms with Crippen LogP contribution in [0.2, 0.25) is 0 Å². The molecule has 0 saturated heterocycles. The van der Waals surface area contributed by atoms with Crippen LogP contribution in [0.15, 0.2) is 18.2 Å². The Kier molecular flexibility index (Phi) is 4.39. The Labute approximate surface area is 89.4 Å². The molecule has 0 amide bonds. The first-order valence-electron chi connectivity index (χ1n) is 4.61. The summed E-state index contributed by atoms with van der Waals surface area (Å²) in [5, 5.41) is 9.75. The van der Waals surface area contributed by atoms with Crippen molar-refractivity contribution in [3.63, 3.8) is 0 Å². The predicted octanol–water partition coefficient (Wildman–Crippen LogP) is 1.38. The zero-order chi connectivity index (χ0) is 11.3. The van der Waals surface area contributed by atoms with Gasteiger partial charge in [0.25, 0.3) is 0 Å². The number of hydrogen-bond donors (Lipinski definition) is 1. The zero-order valence-electron chi connectivity index (χ0n) is 9.19. The molecule has 0 aliphatic rings. The Morgan fingerprint density at radius 1 is 1.20 bits per heavy atom. The molecule has 1 unspecified atom stereocenters. The maximum Gasteiger partial charge on any atom is 0.128 e. The number of methoxy groups -OCH3 is 3. The summed E-state index contributed by atoms with van der Waals surface area (Å²) in [5.74, 6) is 1.29. The number of ether oxygens (including phenoxy) is 3. The number of benzene rings is 1. The Balaban J connectivity index is 2.96. The molecule has 1 rings (SSSR count). The summed E-state index contributed by atoms with van der Waals surface area (Å²) in [6.45, 7) is 0.239. The van der Waals surface area contributed by atoms with Crippen molar-refractivity contribution >= 4 is 0 Å². The maximum absolute atomic E-state index is 9.75. The molecule has 0 heterocycles. The third kappa shape index (κ3) is 2.84. The van der Waals surface area contributed by atoms with E-state index in [1.54, 1.807) is 39.5 Å². The highest BCUT2D eigenvalue weighted by Crippen LogP contribution is 2.29. The van der Waals surface area contributed by atoms with E-state index in [9.17, 15) is 5.11 Å². The minimum atomic E-state index is -0.684. The number of rotatable bonds is 5. The summed E-state index contributed by atoms with van der Waals surface area (Å²) < 4.78 is 15.1. The van der Waals surface area contributed by atoms with E-state index in [1.807, 2.05) is 0 Å². The van der Waals surface area contributed by atoms with Crippen molar-refractivity contribution in [2.45, 2.75) is 6.10 Å². The van der Waals surface area contributed by atoms with E-state index in [0.29, 0.717) is 17.1 Å². The highest BCUT2D eigenvalue weighted by atomic mass is 16.5. The van der Waals surface area contributed by atoms with Crippen LogP contribution in [0, 0.1) is 0 Å². The molecule has 0 fully saturated rings. The van der Waals surface area contributed by atoms with Crippen LogP contribution in [0.3, 0.4) is 0 Å². The molecule has 0 aromatic heterocycles. The van der Waals surface area contributed by atoms with Crippen LogP contribution in [-0.4, -0.2) is 33.0 Å². The second-order valence-corrected chi connectivity index (χ2v) is 3.08. The first kappa shape index (κ1) is 11.8. The molecular formula is C11H16O4. The summed E-state index contributed by atoms with van der Waals surface area (Å²) in [4.78, 5) is 0. The molecule has 1 atom stereocenters. The molecule has 0 aliphatic carbocycles. The molecule has 4 nitrogen and oxygen atoms in total. The van der Waals surface area contributed by atoms with Crippen LogP contribution in [0.5, 0.6) is 11.5 Å². The lowest BCUT2D eigenvalue weighted by Gasteiger charge is -2.14. The average Bonchev–Trinajstić information content (AvgIpc) is 2.28. The van der Waals surface area contributed by atoms with Gasteiger partial charge in [-0.15, -0.1) is 0 Å². The fourth-order valence-electron chi connectivity index (χ4n) is 1.34. The van der Waals surface area contributed by atoms with Crippen molar-refractivity contribution in [1.82, 2.24) is 0 Å². The van der Waals surface area contributed by atoms with Gasteiger partial charge in [0.1, 0.15) is 17.6 Å². The molecule has 1 aromatic rings. The molecule has 4 heteroatoms. The monoisotopic (exact) mass is 212 g/mol. The van der Waals surface area contributed by atoms with Crippen LogP contribution in [0.25, 0.3) is 0 Å². The third-order valence-electron chi connectivity index (χ3n) is 2.12. The van der Waals surface area contributed by atoms with Crippen molar-refractivity contribution < 1.29 is 19.3 Å². The summed E-state index contributed by atoms with van der Waals surface area (Å²) in [5.41, 5.74) is 0.695. The standard InChI is InChI=1S/C11H16O4/c1-13-7-10(12)9-5-4-8(14-2)6-11(9)15-3/h4-6,10,12H,7H2,1-3H3. The normalized spacial score (nSPS) is 12.3. The van der Waals surface area contributed by atoms with E-state index in [-0.39, 0.29) is 6.61 Å². The maximum atomic E-state index is 9.75. The highest BCUT2D eigenvalue weighted by Gasteiger charge is 2.13. The van der Waals surface area contributed by atoms with Crippen molar-refractivity contribution in [3.8, 4) is 11.5 Å². The van der Waals surface area contributed by atoms with E-state index in [4.69, 9.17) is 14.2 Å². The fourth-order valence-corrected chi connectivity index (χ4v) is 1.34. The molecule has 0 saturated carbocycles. The predicted molar refractivity (Wildman–Crippen MR) is 56.4 cm³/mol. The lowest BCUT2D eigenvalue weighted by molar-refractivity contribution is 0.0627. The molecule has 84 valence electrons. The van der Waals surface area contributed by atoms with Crippen LogP contribution in [-0.2, 0) is 4.74 Å². The summed E-state index contributed by atoms with van der Waals surface area (Å²) in [7, 11) is 4.68. The number of aliphatic hydroxyl groups is 1. The lowest BCUT2D eigenvalue weighted by Crippen LogP contribution is -2.06. The zero-order valence-corrected chi connectivity index (χ0v) is 9.19. The van der Waals surface area contributed by atoms with Crippen molar-refractivity contribution in [3.05, 3.63) is 23.8 Å². The van der Waals surface area contributed by atoms with Crippen LogP contribution in [0.1, 0.15) is 11.7 Å². The molecule has 0 spiro atoms. The fraction of sp³-hybridized carbons (Fsp3) is 0.455. The number of hydrogen-bond acceptors (Lipinski definition) is 4. The van der Waals surface area contributed by atoms with Gasteiger partial charge in [0.15, 0.2) is 0 Å².